The van der Waals surface area contributed by atoms with Gasteiger partial charge in [0.1, 0.15) is 0 Å². The van der Waals surface area contributed by atoms with E-state index in [1.807, 2.05) is 0 Å². The molecule has 0 aromatic carbocycles. The van der Waals surface area contributed by atoms with Gasteiger partial charge < -0.3 is 5.11 Å². The van der Waals surface area contributed by atoms with Crippen LogP contribution in [0.5, 0.6) is 0 Å². The molecule has 1 N–H and O–H groups in total. The lowest BCUT2D eigenvalue weighted by atomic mass is 10.4. The quantitative estimate of drug-likeness (QED) is 0.665. The normalized spacial score (nSPS) is 9.33. The lowest BCUT2D eigenvalue weighted by Crippen LogP contribution is -1.96. The van der Waals surface area contributed by atoms with E-state index in [4.69, 9.17) is 5.11 Å². The van der Waals surface area contributed by atoms with Crippen molar-refractivity contribution in [3.8, 4) is 0 Å². The average molecular weight is 143 g/mol. The van der Waals surface area contributed by atoms with Crippen LogP contribution in [0.25, 0.3) is 0 Å². The minimum atomic E-state index is -0.806. The Hall–Kier alpha value is -0.900. The van der Waals surface area contributed by atoms with E-state index >= 15 is 0 Å². The highest BCUT2D eigenvalue weighted by Gasteiger charge is 1.99. The third-order valence-electron chi connectivity index (χ3n) is 0.809. The molecular formula is C5H5NO2S. The molecule has 4 heteroatoms. The van der Waals surface area contributed by atoms with Crippen molar-refractivity contribution in [3.05, 3.63) is 16.6 Å². The first-order valence-corrected chi connectivity index (χ1v) is 3.26. The summed E-state index contributed by atoms with van der Waals surface area (Å²) in [5, 5.41) is 8.26. The van der Waals surface area contributed by atoms with E-state index < -0.39 is 5.97 Å². The Kier molecular flexibility index (Phi) is 1.79. The maximum atomic E-state index is 10.0. The van der Waals surface area contributed by atoms with Gasteiger partial charge in [0.05, 0.1) is 11.9 Å². The number of carboxylic acid groups (broad SMARTS) is 1. The van der Waals surface area contributed by atoms with Crippen molar-refractivity contribution in [2.75, 3.05) is 0 Å². The summed E-state index contributed by atoms with van der Waals surface area (Å²) in [5.74, 6) is -0.806. The Balaban J connectivity index is 2.58. The zero-order valence-electron chi connectivity index (χ0n) is 4.57. The molecule has 0 spiro atoms. The fourth-order valence-electron chi connectivity index (χ4n) is 0.478. The molecule has 0 atom stereocenters. The van der Waals surface area contributed by atoms with Gasteiger partial charge in [-0.05, 0) is 0 Å². The Morgan fingerprint density at radius 2 is 2.67 bits per heavy atom. The molecule has 0 amide bonds. The highest BCUT2D eigenvalue weighted by atomic mass is 32.1. The second kappa shape index (κ2) is 2.59. The summed E-state index contributed by atoms with van der Waals surface area (Å²) in [6.07, 6.45) is 1.66. The molecule has 0 unspecified atom stereocenters. The summed E-state index contributed by atoms with van der Waals surface area (Å²) in [6.45, 7) is 0. The van der Waals surface area contributed by atoms with Gasteiger partial charge >= 0.3 is 5.97 Å². The molecule has 0 aliphatic carbocycles. The first-order chi connectivity index (χ1) is 4.29. The Morgan fingerprint density at radius 3 is 3.11 bits per heavy atom. The van der Waals surface area contributed by atoms with Gasteiger partial charge in [0.25, 0.3) is 0 Å². The molecule has 1 rings (SSSR count). The molecule has 0 saturated carbocycles. The minimum Gasteiger partial charge on any atom is -0.481 e. The topological polar surface area (TPSA) is 50.2 Å². The second-order valence-corrected chi connectivity index (χ2v) is 2.51. The van der Waals surface area contributed by atoms with E-state index in [1.54, 1.807) is 11.7 Å². The average Bonchev–Trinajstić information content (AvgIpc) is 2.15. The Labute approximate surface area is 56.0 Å². The van der Waals surface area contributed by atoms with E-state index in [2.05, 4.69) is 4.98 Å². The molecule has 0 radical (unpaired) electrons. The van der Waals surface area contributed by atoms with E-state index in [0.717, 1.165) is 4.88 Å². The zero-order valence-corrected chi connectivity index (χ0v) is 5.39. The van der Waals surface area contributed by atoms with E-state index in [9.17, 15) is 4.79 Å². The molecule has 0 aliphatic heterocycles. The number of carbonyl (C=O) groups is 1. The van der Waals surface area contributed by atoms with Crippen molar-refractivity contribution >= 4 is 17.3 Å². The van der Waals surface area contributed by atoms with Gasteiger partial charge in [-0.1, -0.05) is 0 Å². The van der Waals surface area contributed by atoms with Gasteiger partial charge in [0, 0.05) is 11.1 Å². The number of nitrogens with zero attached hydrogens (tertiary/aromatic N) is 1. The van der Waals surface area contributed by atoms with Crippen LogP contribution < -0.4 is 0 Å². The number of hydrogen-bond acceptors (Lipinski definition) is 3. The van der Waals surface area contributed by atoms with Crippen LogP contribution in [0.3, 0.4) is 0 Å². The molecule has 1 aromatic heterocycles. The van der Waals surface area contributed by atoms with Crippen LogP contribution >= 0.6 is 11.3 Å². The molecule has 48 valence electrons. The SMILES string of the molecule is O=C(O)Cc1cncs1. The minimum absolute atomic E-state index is 0.0880. The smallest absolute Gasteiger partial charge is 0.308 e. The van der Waals surface area contributed by atoms with E-state index in [1.165, 1.54) is 11.3 Å². The highest BCUT2D eigenvalue weighted by Crippen LogP contribution is 2.05. The highest BCUT2D eigenvalue weighted by molar-refractivity contribution is 7.09. The molecule has 0 fully saturated rings. The maximum Gasteiger partial charge on any atom is 0.308 e. The molecule has 0 bridgehead atoms. The summed E-state index contributed by atoms with van der Waals surface area (Å²) in [5.41, 5.74) is 1.62. The van der Waals surface area contributed by atoms with Crippen molar-refractivity contribution in [2.24, 2.45) is 0 Å². The number of hydrogen-bond donors (Lipinski definition) is 1. The molecule has 3 nitrogen and oxygen atoms in total. The summed E-state index contributed by atoms with van der Waals surface area (Å²) < 4.78 is 0. The Morgan fingerprint density at radius 1 is 1.89 bits per heavy atom. The summed E-state index contributed by atoms with van der Waals surface area (Å²) in [6, 6.07) is 0. The Bertz CT molecular complexity index is 195. The first-order valence-electron chi connectivity index (χ1n) is 2.38. The fourth-order valence-corrected chi connectivity index (χ4v) is 1.06. The van der Waals surface area contributed by atoms with Crippen molar-refractivity contribution < 1.29 is 9.90 Å². The molecule has 1 heterocycles. The molecule has 0 aliphatic rings. The number of aromatic nitrogens is 1. The monoisotopic (exact) mass is 143 g/mol. The molecule has 9 heavy (non-hydrogen) atoms. The largest absolute Gasteiger partial charge is 0.481 e. The van der Waals surface area contributed by atoms with Crippen LogP contribution in [0, 0.1) is 0 Å². The van der Waals surface area contributed by atoms with Gasteiger partial charge in [0.2, 0.25) is 0 Å². The number of rotatable bonds is 2. The van der Waals surface area contributed by atoms with Gasteiger partial charge in [-0.15, -0.1) is 11.3 Å². The fraction of sp³-hybridized carbons (Fsp3) is 0.200. The number of aliphatic carboxylic acids is 1. The maximum absolute atomic E-state index is 10.0. The summed E-state index contributed by atoms with van der Waals surface area (Å²) >= 11 is 1.36. The number of thiazole rings is 1. The lowest BCUT2D eigenvalue weighted by molar-refractivity contribution is -0.136. The van der Waals surface area contributed by atoms with Gasteiger partial charge in [-0.3, -0.25) is 9.78 Å². The van der Waals surface area contributed by atoms with Crippen molar-refractivity contribution in [3.63, 3.8) is 0 Å². The zero-order chi connectivity index (χ0) is 6.69. The lowest BCUT2D eigenvalue weighted by Gasteiger charge is -1.83. The standard InChI is InChI=1S/C5H5NO2S/c7-5(8)1-4-2-6-3-9-4/h2-3H,1H2,(H,7,8). The second-order valence-electron chi connectivity index (χ2n) is 1.54. The van der Waals surface area contributed by atoms with E-state index in [-0.39, 0.29) is 6.42 Å². The first kappa shape index (κ1) is 6.22. The predicted molar refractivity (Wildman–Crippen MR) is 33.5 cm³/mol. The van der Waals surface area contributed by atoms with Crippen molar-refractivity contribution in [2.45, 2.75) is 6.42 Å². The molecule has 1 aromatic rings. The van der Waals surface area contributed by atoms with Crippen LogP contribution in [0.2, 0.25) is 0 Å². The molecular weight excluding hydrogens is 138 g/mol. The molecule has 0 saturated heterocycles. The number of carboxylic acids is 1. The summed E-state index contributed by atoms with van der Waals surface area (Å²) in [7, 11) is 0. The van der Waals surface area contributed by atoms with Crippen LogP contribution in [0.15, 0.2) is 11.7 Å². The van der Waals surface area contributed by atoms with Crippen LogP contribution in [0.1, 0.15) is 4.88 Å². The summed E-state index contributed by atoms with van der Waals surface area (Å²) in [4.78, 5) is 14.6. The van der Waals surface area contributed by atoms with Gasteiger partial charge in [0.15, 0.2) is 0 Å². The third-order valence-corrected chi connectivity index (χ3v) is 1.59. The van der Waals surface area contributed by atoms with Gasteiger partial charge in [-0.25, -0.2) is 0 Å². The van der Waals surface area contributed by atoms with E-state index in [0.29, 0.717) is 0 Å². The van der Waals surface area contributed by atoms with Crippen LogP contribution in [-0.4, -0.2) is 16.1 Å². The predicted octanol–water partition coefficient (Wildman–Crippen LogP) is 0.770. The van der Waals surface area contributed by atoms with Crippen LogP contribution in [-0.2, 0) is 11.2 Å². The third kappa shape index (κ3) is 1.81. The van der Waals surface area contributed by atoms with Gasteiger partial charge in [-0.2, -0.15) is 0 Å². The van der Waals surface area contributed by atoms with Crippen molar-refractivity contribution in [1.29, 1.82) is 0 Å². The van der Waals surface area contributed by atoms with Crippen LogP contribution in [0.4, 0.5) is 0 Å². The van der Waals surface area contributed by atoms with Crippen molar-refractivity contribution in [1.82, 2.24) is 4.98 Å².